The summed E-state index contributed by atoms with van der Waals surface area (Å²) in [5.41, 5.74) is 1.87. The molecule has 0 aliphatic rings. The molecule has 0 atom stereocenters. The van der Waals surface area contributed by atoms with E-state index < -0.39 is 0 Å². The number of hydrogen-bond acceptors (Lipinski definition) is 5. The summed E-state index contributed by atoms with van der Waals surface area (Å²) in [5.74, 6) is 0.656. The van der Waals surface area contributed by atoms with Crippen LogP contribution in [-0.4, -0.2) is 39.1 Å². The van der Waals surface area contributed by atoms with Gasteiger partial charge in [0.05, 0.1) is 5.69 Å². The highest BCUT2D eigenvalue weighted by molar-refractivity contribution is 5.50. The zero-order valence-electron chi connectivity index (χ0n) is 11.3. The van der Waals surface area contributed by atoms with Gasteiger partial charge >= 0.3 is 0 Å². The van der Waals surface area contributed by atoms with E-state index in [9.17, 15) is 0 Å². The Morgan fingerprint density at radius 3 is 2.50 bits per heavy atom. The molecule has 0 amide bonds. The molecule has 0 fully saturated rings. The first-order chi connectivity index (χ1) is 8.67. The maximum atomic E-state index is 4.15. The molecule has 1 aromatic carbocycles. The molecule has 0 saturated heterocycles. The van der Waals surface area contributed by atoms with Crippen LogP contribution >= 0.6 is 0 Å². The molecule has 0 aromatic heterocycles. The molecule has 0 aliphatic carbocycles. The molecule has 5 heteroatoms. The number of nitrogens with one attached hydrogen (secondary N) is 2. The normalized spacial score (nSPS) is 10.6. The second-order valence-electron chi connectivity index (χ2n) is 3.94. The van der Waals surface area contributed by atoms with Crippen molar-refractivity contribution >= 4 is 11.4 Å². The molecule has 0 radical (unpaired) electrons. The third kappa shape index (κ3) is 4.55. The smallest absolute Gasteiger partial charge is 0.143 e. The first kappa shape index (κ1) is 14.2. The molecule has 2 N–H and O–H groups in total. The maximum absolute atomic E-state index is 4.15. The van der Waals surface area contributed by atoms with Gasteiger partial charge in [0.25, 0.3) is 0 Å². The van der Waals surface area contributed by atoms with E-state index in [2.05, 4.69) is 27.4 Å². The predicted octanol–water partition coefficient (Wildman–Crippen LogP) is 2.43. The minimum atomic E-state index is 0.656. The molecule has 1 aromatic rings. The predicted molar refractivity (Wildman–Crippen MR) is 76.2 cm³/mol. The second kappa shape index (κ2) is 7.45. The summed E-state index contributed by atoms with van der Waals surface area (Å²) < 4.78 is 0. The Morgan fingerprint density at radius 1 is 1.28 bits per heavy atom. The number of nitrogens with zero attached hydrogens (tertiary/aromatic N) is 3. The molecule has 5 nitrogen and oxygen atoms in total. The van der Waals surface area contributed by atoms with E-state index >= 15 is 0 Å². The van der Waals surface area contributed by atoms with Gasteiger partial charge in [0.15, 0.2) is 0 Å². The number of rotatable bonds is 7. The van der Waals surface area contributed by atoms with E-state index in [1.807, 2.05) is 50.3 Å². The van der Waals surface area contributed by atoms with Crippen LogP contribution in [0.2, 0.25) is 0 Å². The lowest BCUT2D eigenvalue weighted by molar-refractivity contribution is 0.409. The summed E-state index contributed by atoms with van der Waals surface area (Å²) in [4.78, 5) is 1.96. The lowest BCUT2D eigenvalue weighted by Gasteiger charge is -2.16. The average molecular weight is 247 g/mol. The van der Waals surface area contributed by atoms with Gasteiger partial charge in [-0.15, -0.1) is 10.2 Å². The van der Waals surface area contributed by atoms with Crippen molar-refractivity contribution in [1.82, 2.24) is 10.2 Å². The van der Waals surface area contributed by atoms with Gasteiger partial charge in [-0.1, -0.05) is 6.58 Å². The van der Waals surface area contributed by atoms with Gasteiger partial charge in [-0.05, 0) is 31.3 Å². The minimum Gasteiger partial charge on any atom is -0.388 e. The molecular weight excluding hydrogens is 226 g/mol. The van der Waals surface area contributed by atoms with Crippen molar-refractivity contribution in [2.75, 3.05) is 39.5 Å². The molecule has 98 valence electrons. The Balaban J connectivity index is 2.54. The van der Waals surface area contributed by atoms with Crippen LogP contribution in [0.5, 0.6) is 0 Å². The highest BCUT2D eigenvalue weighted by atomic mass is 15.3. The maximum Gasteiger partial charge on any atom is 0.143 e. The Hall–Kier alpha value is -1.88. The molecule has 0 unspecified atom stereocenters. The largest absolute Gasteiger partial charge is 0.388 e. The molecule has 0 heterocycles. The van der Waals surface area contributed by atoms with E-state index in [1.54, 1.807) is 0 Å². The summed E-state index contributed by atoms with van der Waals surface area (Å²) in [5, 5.41) is 14.4. The van der Waals surface area contributed by atoms with E-state index in [1.165, 1.54) is 0 Å². The fourth-order valence-electron chi connectivity index (χ4n) is 1.30. The zero-order valence-corrected chi connectivity index (χ0v) is 11.3. The van der Waals surface area contributed by atoms with Crippen molar-refractivity contribution in [3.8, 4) is 0 Å². The molecule has 0 bridgehead atoms. The number of azo groups is 1. The number of hydrogen-bond donors (Lipinski definition) is 2. The van der Waals surface area contributed by atoms with Gasteiger partial charge in [0.1, 0.15) is 5.82 Å². The lowest BCUT2D eigenvalue weighted by atomic mass is 10.3. The SMILES string of the molecule is C=C(N=Nc1ccc(NC)cc1)N(C)CCNC. The van der Waals surface area contributed by atoms with Crippen LogP contribution in [-0.2, 0) is 0 Å². The van der Waals surface area contributed by atoms with Gasteiger partial charge in [-0.2, -0.15) is 0 Å². The fraction of sp³-hybridized carbons (Fsp3) is 0.385. The lowest BCUT2D eigenvalue weighted by Crippen LogP contribution is -2.25. The molecule has 0 saturated carbocycles. The number of benzene rings is 1. The highest BCUT2D eigenvalue weighted by Gasteiger charge is 1.99. The quantitative estimate of drug-likeness (QED) is 0.728. The van der Waals surface area contributed by atoms with Crippen LogP contribution in [0.4, 0.5) is 11.4 Å². The average Bonchev–Trinajstić information content (AvgIpc) is 2.42. The van der Waals surface area contributed by atoms with Crippen molar-refractivity contribution in [2.45, 2.75) is 0 Å². The summed E-state index contributed by atoms with van der Waals surface area (Å²) >= 11 is 0. The first-order valence-electron chi connectivity index (χ1n) is 5.91. The second-order valence-corrected chi connectivity index (χ2v) is 3.94. The first-order valence-corrected chi connectivity index (χ1v) is 5.91. The summed E-state index contributed by atoms with van der Waals surface area (Å²) in [6.07, 6.45) is 0. The van der Waals surface area contributed by atoms with Gasteiger partial charge in [0, 0.05) is 32.9 Å². The van der Waals surface area contributed by atoms with E-state index in [0.29, 0.717) is 5.82 Å². The van der Waals surface area contributed by atoms with E-state index in [0.717, 1.165) is 24.5 Å². The fourth-order valence-corrected chi connectivity index (χ4v) is 1.30. The zero-order chi connectivity index (χ0) is 13.4. The Bertz CT molecular complexity index is 396. The standard InChI is InChI=1S/C13H21N5/c1-11(18(4)10-9-14-2)16-17-13-7-5-12(15-3)6-8-13/h5-8,14-15H,1,9-10H2,2-4H3. The van der Waals surface area contributed by atoms with Crippen molar-refractivity contribution in [1.29, 1.82) is 0 Å². The van der Waals surface area contributed by atoms with Crippen LogP contribution in [0.25, 0.3) is 0 Å². The van der Waals surface area contributed by atoms with Crippen LogP contribution in [0.3, 0.4) is 0 Å². The summed E-state index contributed by atoms with van der Waals surface area (Å²) in [6.45, 7) is 5.63. The monoisotopic (exact) mass is 247 g/mol. The molecular formula is C13H21N5. The minimum absolute atomic E-state index is 0.656. The third-order valence-corrected chi connectivity index (χ3v) is 2.57. The van der Waals surface area contributed by atoms with Crippen molar-refractivity contribution < 1.29 is 0 Å². The topological polar surface area (TPSA) is 52.0 Å². The number of likely N-dealkylation sites (N-methyl/N-ethyl adjacent to an activating group) is 2. The molecule has 0 aliphatic heterocycles. The van der Waals surface area contributed by atoms with Crippen LogP contribution in [0, 0.1) is 0 Å². The van der Waals surface area contributed by atoms with Crippen LogP contribution in [0.15, 0.2) is 46.9 Å². The molecule has 0 spiro atoms. The highest BCUT2D eigenvalue weighted by Crippen LogP contribution is 2.17. The van der Waals surface area contributed by atoms with Crippen LogP contribution < -0.4 is 10.6 Å². The Labute approximate surface area is 109 Å². The summed E-state index contributed by atoms with van der Waals surface area (Å²) in [6, 6.07) is 7.75. The third-order valence-electron chi connectivity index (χ3n) is 2.57. The van der Waals surface area contributed by atoms with Gasteiger partial charge in [0.2, 0.25) is 0 Å². The van der Waals surface area contributed by atoms with Crippen LogP contribution in [0.1, 0.15) is 0 Å². The Morgan fingerprint density at radius 2 is 1.94 bits per heavy atom. The van der Waals surface area contributed by atoms with Crippen molar-refractivity contribution in [3.63, 3.8) is 0 Å². The van der Waals surface area contributed by atoms with Gasteiger partial charge < -0.3 is 15.5 Å². The van der Waals surface area contributed by atoms with Crippen molar-refractivity contribution in [2.24, 2.45) is 10.2 Å². The summed E-state index contributed by atoms with van der Waals surface area (Å²) in [7, 11) is 5.75. The molecule has 1 rings (SSSR count). The molecule has 18 heavy (non-hydrogen) atoms. The van der Waals surface area contributed by atoms with E-state index in [4.69, 9.17) is 0 Å². The Kier molecular flexibility index (Phi) is 5.87. The number of anilines is 1. The van der Waals surface area contributed by atoms with E-state index in [-0.39, 0.29) is 0 Å². The van der Waals surface area contributed by atoms with Gasteiger partial charge in [-0.25, -0.2) is 0 Å². The van der Waals surface area contributed by atoms with Crippen molar-refractivity contribution in [3.05, 3.63) is 36.7 Å². The van der Waals surface area contributed by atoms with Gasteiger partial charge in [-0.3, -0.25) is 0 Å².